The van der Waals surface area contributed by atoms with E-state index in [0.717, 1.165) is 78.0 Å². The number of rotatable bonds is 10. The summed E-state index contributed by atoms with van der Waals surface area (Å²) in [6, 6.07) is 3.61. The zero-order valence-electron chi connectivity index (χ0n) is 17.2. The molecule has 0 saturated heterocycles. The molecule has 2 aromatic heterocycles. The Kier molecular flexibility index (Phi) is 7.63. The van der Waals surface area contributed by atoms with Gasteiger partial charge in [-0.15, -0.1) is 23.2 Å². The van der Waals surface area contributed by atoms with Gasteiger partial charge < -0.3 is 19.1 Å². The van der Waals surface area contributed by atoms with Crippen LogP contribution in [0.2, 0.25) is 0 Å². The van der Waals surface area contributed by atoms with Gasteiger partial charge in [-0.3, -0.25) is 0 Å². The highest BCUT2D eigenvalue weighted by Crippen LogP contribution is 2.34. The summed E-state index contributed by atoms with van der Waals surface area (Å²) in [5.41, 5.74) is 3.99. The Balaban J connectivity index is 1.75. The highest BCUT2D eigenvalue weighted by molar-refractivity contribution is 6.18. The van der Waals surface area contributed by atoms with E-state index in [2.05, 4.69) is 16.3 Å². The summed E-state index contributed by atoms with van der Waals surface area (Å²) in [4.78, 5) is 14.1. The fourth-order valence-electron chi connectivity index (χ4n) is 3.79. The number of benzene rings is 1. The maximum Gasteiger partial charge on any atom is 0.336 e. The quantitative estimate of drug-likeness (QED) is 0.281. The lowest BCUT2D eigenvalue weighted by Crippen LogP contribution is -2.31. The molecular weight excluding hydrogens is 411 g/mol. The van der Waals surface area contributed by atoms with Crippen molar-refractivity contribution in [1.82, 2.24) is 10.2 Å². The number of hydrogen-bond acceptors (Lipinski definition) is 5. The molecule has 0 atom stereocenters. The van der Waals surface area contributed by atoms with Crippen molar-refractivity contribution in [2.24, 2.45) is 0 Å². The monoisotopic (exact) mass is 438 g/mol. The number of fused-ring (bicyclic) bond motifs is 2. The third-order valence-electron chi connectivity index (χ3n) is 5.36. The lowest BCUT2D eigenvalue weighted by Gasteiger charge is -2.19. The molecular formula is C22H28Cl2N2O3. The van der Waals surface area contributed by atoms with Crippen LogP contribution in [-0.4, -0.2) is 42.8 Å². The summed E-state index contributed by atoms with van der Waals surface area (Å²) in [6.07, 6.45) is 1.02. The predicted molar refractivity (Wildman–Crippen MR) is 121 cm³/mol. The molecule has 0 aliphatic carbocycles. The molecule has 3 rings (SSSR count). The number of hydrogen-bond donors (Lipinski definition) is 1. The fraction of sp³-hybridized carbons (Fsp3) is 0.500. The molecule has 2 heterocycles. The Morgan fingerprint density at radius 2 is 1.66 bits per heavy atom. The molecule has 0 aliphatic heterocycles. The van der Waals surface area contributed by atoms with Crippen LogP contribution >= 0.6 is 23.2 Å². The van der Waals surface area contributed by atoms with Gasteiger partial charge in [0.1, 0.15) is 16.9 Å². The zero-order valence-corrected chi connectivity index (χ0v) is 18.8. The number of alkyl halides is 2. The molecule has 0 spiro atoms. The maximum absolute atomic E-state index is 11.8. The summed E-state index contributed by atoms with van der Waals surface area (Å²) in [7, 11) is 0. The minimum Gasteiger partial charge on any atom is -0.461 e. The number of nitrogens with zero attached hydrogens (tertiary/aromatic N) is 1. The first-order chi connectivity index (χ1) is 14.0. The second-order valence-electron chi connectivity index (χ2n) is 7.39. The first-order valence-corrected chi connectivity index (χ1v) is 11.0. The predicted octanol–water partition coefficient (Wildman–Crippen LogP) is 4.72. The van der Waals surface area contributed by atoms with Gasteiger partial charge in [-0.2, -0.15) is 0 Å². The van der Waals surface area contributed by atoms with Gasteiger partial charge in [0.2, 0.25) is 0 Å². The van der Waals surface area contributed by atoms with Gasteiger partial charge in [0, 0.05) is 59.4 Å². The summed E-state index contributed by atoms with van der Waals surface area (Å²) < 4.78 is 11.5. The van der Waals surface area contributed by atoms with Crippen molar-refractivity contribution in [2.45, 2.75) is 33.7 Å². The number of halogens is 2. The molecule has 5 nitrogen and oxygen atoms in total. The van der Waals surface area contributed by atoms with E-state index in [0.29, 0.717) is 17.3 Å². The largest absolute Gasteiger partial charge is 0.461 e. The Bertz CT molecular complexity index is 1040. The van der Waals surface area contributed by atoms with Crippen LogP contribution in [0.5, 0.6) is 0 Å². The standard InChI is InChI=1S/C22H28Cl2N2O3/c1-14-11-20(27)29-21-15(2)22-18(12-17(14)21)19(16(3)28-22)13-25-7-4-8-26(9-5-23)10-6-24/h11-12,25H,4-10,13H2,1-3H3. The third kappa shape index (κ3) is 4.97. The zero-order chi connectivity index (χ0) is 21.0. The molecule has 1 aromatic carbocycles. The minimum atomic E-state index is -0.333. The van der Waals surface area contributed by atoms with Gasteiger partial charge in [0.05, 0.1) is 0 Å². The van der Waals surface area contributed by atoms with E-state index in [1.165, 1.54) is 6.07 Å². The highest BCUT2D eigenvalue weighted by atomic mass is 35.5. The number of furan rings is 1. The molecule has 0 aliphatic rings. The van der Waals surface area contributed by atoms with Crippen LogP contribution in [0.1, 0.15) is 28.9 Å². The summed E-state index contributed by atoms with van der Waals surface area (Å²) in [5.74, 6) is 2.13. The number of nitrogens with one attached hydrogen (secondary N) is 1. The van der Waals surface area contributed by atoms with Crippen LogP contribution in [0, 0.1) is 20.8 Å². The molecule has 7 heteroatoms. The van der Waals surface area contributed by atoms with E-state index in [1.54, 1.807) is 0 Å². The molecule has 0 saturated carbocycles. The van der Waals surface area contributed by atoms with Crippen molar-refractivity contribution in [2.75, 3.05) is 37.9 Å². The Hall–Kier alpha value is -1.53. The van der Waals surface area contributed by atoms with Crippen LogP contribution in [-0.2, 0) is 6.54 Å². The average molecular weight is 439 g/mol. The van der Waals surface area contributed by atoms with Crippen molar-refractivity contribution in [3.05, 3.63) is 45.0 Å². The van der Waals surface area contributed by atoms with E-state index in [-0.39, 0.29) is 5.63 Å². The van der Waals surface area contributed by atoms with Crippen molar-refractivity contribution >= 4 is 45.1 Å². The molecule has 1 N–H and O–H groups in total. The van der Waals surface area contributed by atoms with Crippen LogP contribution < -0.4 is 10.9 Å². The summed E-state index contributed by atoms with van der Waals surface area (Å²) in [5, 5.41) is 5.55. The Morgan fingerprint density at radius 1 is 0.966 bits per heavy atom. The SMILES string of the molecule is Cc1oc2c(C)c3oc(=O)cc(C)c3cc2c1CNCCCN(CCCl)CCCl. The molecule has 0 bridgehead atoms. The number of aryl methyl sites for hydroxylation is 3. The van der Waals surface area contributed by atoms with Gasteiger partial charge >= 0.3 is 5.63 Å². The summed E-state index contributed by atoms with van der Waals surface area (Å²) in [6.45, 7) is 10.2. The van der Waals surface area contributed by atoms with Crippen LogP contribution in [0.4, 0.5) is 0 Å². The molecule has 0 unspecified atom stereocenters. The molecule has 29 heavy (non-hydrogen) atoms. The van der Waals surface area contributed by atoms with Crippen LogP contribution in [0.25, 0.3) is 21.9 Å². The van der Waals surface area contributed by atoms with Crippen molar-refractivity contribution in [3.63, 3.8) is 0 Å². The maximum atomic E-state index is 11.8. The van der Waals surface area contributed by atoms with Gasteiger partial charge in [0.15, 0.2) is 0 Å². The smallest absolute Gasteiger partial charge is 0.336 e. The van der Waals surface area contributed by atoms with Crippen molar-refractivity contribution in [3.8, 4) is 0 Å². The molecule has 3 aromatic rings. The normalized spacial score (nSPS) is 11.9. The topological polar surface area (TPSA) is 58.6 Å². The van der Waals surface area contributed by atoms with Crippen LogP contribution in [0.15, 0.2) is 25.8 Å². The lowest BCUT2D eigenvalue weighted by molar-refractivity contribution is 0.301. The van der Waals surface area contributed by atoms with Crippen molar-refractivity contribution < 1.29 is 8.83 Å². The molecule has 158 valence electrons. The molecule has 0 radical (unpaired) electrons. The second kappa shape index (κ2) is 9.98. The second-order valence-corrected chi connectivity index (χ2v) is 8.15. The molecule has 0 amide bonds. The van der Waals surface area contributed by atoms with E-state index in [9.17, 15) is 4.79 Å². The fourth-order valence-corrected chi connectivity index (χ4v) is 4.26. The van der Waals surface area contributed by atoms with E-state index >= 15 is 0 Å². The van der Waals surface area contributed by atoms with Gasteiger partial charge in [-0.25, -0.2) is 4.79 Å². The lowest BCUT2D eigenvalue weighted by atomic mass is 10.0. The highest BCUT2D eigenvalue weighted by Gasteiger charge is 2.17. The van der Waals surface area contributed by atoms with Crippen LogP contribution in [0.3, 0.4) is 0 Å². The first-order valence-electron chi connectivity index (χ1n) is 9.97. The third-order valence-corrected chi connectivity index (χ3v) is 5.70. The average Bonchev–Trinajstić information content (AvgIpc) is 2.99. The molecule has 0 fully saturated rings. The Morgan fingerprint density at radius 3 is 2.34 bits per heavy atom. The van der Waals surface area contributed by atoms with E-state index < -0.39 is 0 Å². The van der Waals surface area contributed by atoms with Gasteiger partial charge in [-0.1, -0.05) is 0 Å². The summed E-state index contributed by atoms with van der Waals surface area (Å²) >= 11 is 11.7. The van der Waals surface area contributed by atoms with E-state index in [1.807, 2.05) is 20.8 Å². The van der Waals surface area contributed by atoms with Gasteiger partial charge in [0.25, 0.3) is 0 Å². The first kappa shape index (κ1) is 22.2. The van der Waals surface area contributed by atoms with E-state index in [4.69, 9.17) is 32.0 Å². The Labute approximate surface area is 180 Å². The minimum absolute atomic E-state index is 0.333. The van der Waals surface area contributed by atoms with Crippen molar-refractivity contribution in [1.29, 1.82) is 0 Å². The van der Waals surface area contributed by atoms with Gasteiger partial charge in [-0.05, 0) is 51.9 Å².